The van der Waals surface area contributed by atoms with Crippen molar-refractivity contribution in [3.63, 3.8) is 0 Å². The predicted molar refractivity (Wildman–Crippen MR) is 60.5 cm³/mol. The Morgan fingerprint density at radius 3 is 2.07 bits per heavy atom. The highest BCUT2D eigenvalue weighted by Crippen LogP contribution is 2.38. The lowest BCUT2D eigenvalue weighted by molar-refractivity contribution is -0.293. The zero-order valence-electron chi connectivity index (χ0n) is 10.5. The Labute approximate surface area is 92.7 Å². The van der Waals surface area contributed by atoms with Crippen molar-refractivity contribution in [1.82, 2.24) is 5.06 Å². The van der Waals surface area contributed by atoms with Crippen molar-refractivity contribution < 1.29 is 9.63 Å². The van der Waals surface area contributed by atoms with Crippen molar-refractivity contribution in [2.75, 3.05) is 0 Å². The van der Waals surface area contributed by atoms with E-state index in [9.17, 15) is 4.79 Å². The van der Waals surface area contributed by atoms with Crippen LogP contribution in [0.2, 0.25) is 0 Å². The average molecular weight is 213 g/mol. The molecule has 1 atom stereocenters. The number of carbonyl (C=O) groups is 1. The van der Waals surface area contributed by atoms with Crippen LogP contribution in [0, 0.1) is 0 Å². The van der Waals surface area contributed by atoms with Crippen LogP contribution in [0.15, 0.2) is 0 Å². The van der Waals surface area contributed by atoms with Crippen LogP contribution in [0.4, 0.5) is 0 Å². The van der Waals surface area contributed by atoms with Gasteiger partial charge in [0.2, 0.25) is 0 Å². The Morgan fingerprint density at radius 2 is 1.67 bits per heavy atom. The first-order chi connectivity index (χ1) is 6.79. The Bertz CT molecular complexity index is 220. The van der Waals surface area contributed by atoms with Gasteiger partial charge in [-0.05, 0) is 53.9 Å². The molecule has 1 aliphatic rings. The molecule has 0 amide bonds. The Morgan fingerprint density at radius 1 is 1.20 bits per heavy atom. The zero-order chi connectivity index (χ0) is 11.7. The first-order valence-corrected chi connectivity index (χ1v) is 5.72. The molecule has 0 spiro atoms. The van der Waals surface area contributed by atoms with Crippen LogP contribution in [0.3, 0.4) is 0 Å². The zero-order valence-corrected chi connectivity index (χ0v) is 10.5. The fraction of sp³-hybridized carbons (Fsp3) is 0.917. The number of aldehydes is 1. The van der Waals surface area contributed by atoms with E-state index in [0.29, 0.717) is 0 Å². The van der Waals surface area contributed by atoms with E-state index in [1.165, 1.54) is 6.42 Å². The first kappa shape index (κ1) is 12.7. The van der Waals surface area contributed by atoms with E-state index < -0.39 is 0 Å². The van der Waals surface area contributed by atoms with Gasteiger partial charge in [0.25, 0.3) is 0 Å². The standard InChI is InChI=1S/C12H23NO2/c1-10(9-14)15-13-11(2,3)7-6-8-12(13,4)5/h9-10H,6-8H2,1-5H3. The van der Waals surface area contributed by atoms with E-state index in [1.54, 1.807) is 6.92 Å². The normalized spacial score (nSPS) is 27.3. The second-order valence-electron chi connectivity index (χ2n) is 5.72. The number of nitrogens with zero attached hydrogens (tertiary/aromatic N) is 1. The molecule has 0 N–H and O–H groups in total. The molecule has 88 valence electrons. The largest absolute Gasteiger partial charge is 0.300 e. The van der Waals surface area contributed by atoms with E-state index in [4.69, 9.17) is 4.84 Å². The first-order valence-electron chi connectivity index (χ1n) is 5.72. The van der Waals surface area contributed by atoms with Gasteiger partial charge in [0.05, 0.1) is 0 Å². The maximum absolute atomic E-state index is 10.6. The van der Waals surface area contributed by atoms with Crippen LogP contribution in [0.1, 0.15) is 53.9 Å². The summed E-state index contributed by atoms with van der Waals surface area (Å²) in [5, 5.41) is 2.02. The minimum absolute atomic E-state index is 0.0129. The molecule has 1 heterocycles. The summed E-state index contributed by atoms with van der Waals surface area (Å²) in [5.41, 5.74) is 0.0258. The molecule has 3 heteroatoms. The van der Waals surface area contributed by atoms with Crippen molar-refractivity contribution in [2.24, 2.45) is 0 Å². The molecule has 15 heavy (non-hydrogen) atoms. The number of hydrogen-bond acceptors (Lipinski definition) is 3. The minimum Gasteiger partial charge on any atom is -0.300 e. The molecule has 0 radical (unpaired) electrons. The maximum Gasteiger partial charge on any atom is 0.150 e. The van der Waals surface area contributed by atoms with E-state index in [-0.39, 0.29) is 17.2 Å². The highest BCUT2D eigenvalue weighted by Gasteiger charge is 2.43. The summed E-state index contributed by atoms with van der Waals surface area (Å²) in [7, 11) is 0. The number of carbonyl (C=O) groups excluding carboxylic acids is 1. The fourth-order valence-corrected chi connectivity index (χ4v) is 2.45. The van der Waals surface area contributed by atoms with Crippen LogP contribution in [0.5, 0.6) is 0 Å². The van der Waals surface area contributed by atoms with Crippen LogP contribution < -0.4 is 0 Å². The van der Waals surface area contributed by atoms with Crippen molar-refractivity contribution >= 4 is 6.29 Å². The Balaban J connectivity index is 2.81. The molecule has 3 nitrogen and oxygen atoms in total. The van der Waals surface area contributed by atoms with Gasteiger partial charge in [-0.15, -0.1) is 0 Å². The van der Waals surface area contributed by atoms with Crippen molar-refractivity contribution in [1.29, 1.82) is 0 Å². The molecule has 1 unspecified atom stereocenters. The molecule has 0 saturated carbocycles. The number of piperidine rings is 1. The van der Waals surface area contributed by atoms with E-state index >= 15 is 0 Å². The van der Waals surface area contributed by atoms with Crippen LogP contribution in [-0.4, -0.2) is 28.5 Å². The van der Waals surface area contributed by atoms with Gasteiger partial charge in [0, 0.05) is 11.1 Å². The molecule has 0 bridgehead atoms. The summed E-state index contributed by atoms with van der Waals surface area (Å²) in [6, 6.07) is 0. The average Bonchev–Trinajstić information content (AvgIpc) is 2.10. The summed E-state index contributed by atoms with van der Waals surface area (Å²) in [5.74, 6) is 0. The Hall–Kier alpha value is -0.410. The molecule has 1 saturated heterocycles. The molecule has 0 aromatic carbocycles. The molecule has 1 rings (SSSR count). The second-order valence-corrected chi connectivity index (χ2v) is 5.72. The van der Waals surface area contributed by atoms with Gasteiger partial charge in [0.15, 0.2) is 6.29 Å². The lowest BCUT2D eigenvalue weighted by atomic mass is 9.82. The summed E-state index contributed by atoms with van der Waals surface area (Å²) in [4.78, 5) is 16.4. The second kappa shape index (κ2) is 4.22. The van der Waals surface area contributed by atoms with E-state index in [0.717, 1.165) is 19.1 Å². The summed E-state index contributed by atoms with van der Waals surface area (Å²) in [6.07, 6.45) is 3.93. The van der Waals surface area contributed by atoms with Crippen molar-refractivity contribution in [2.45, 2.75) is 71.1 Å². The molecule has 1 aliphatic heterocycles. The van der Waals surface area contributed by atoms with Gasteiger partial charge in [-0.1, -0.05) is 0 Å². The number of hydrogen-bond donors (Lipinski definition) is 0. The van der Waals surface area contributed by atoms with Crippen LogP contribution in [-0.2, 0) is 9.63 Å². The predicted octanol–water partition coefficient (Wildman–Crippen LogP) is 2.55. The maximum atomic E-state index is 10.6. The lowest BCUT2D eigenvalue weighted by Gasteiger charge is -2.51. The summed E-state index contributed by atoms with van der Waals surface area (Å²) >= 11 is 0. The SMILES string of the molecule is CC(C=O)ON1C(C)(C)CCCC1(C)C. The quantitative estimate of drug-likeness (QED) is 0.675. The molecular formula is C12H23NO2. The summed E-state index contributed by atoms with van der Waals surface area (Å²) in [6.45, 7) is 10.5. The third kappa shape index (κ3) is 2.79. The monoisotopic (exact) mass is 213 g/mol. The van der Waals surface area contributed by atoms with Crippen LogP contribution >= 0.6 is 0 Å². The lowest BCUT2D eigenvalue weighted by Crippen LogP contribution is -2.59. The van der Waals surface area contributed by atoms with Crippen molar-refractivity contribution in [3.8, 4) is 0 Å². The van der Waals surface area contributed by atoms with Gasteiger partial charge in [-0.2, -0.15) is 5.06 Å². The molecule has 0 aromatic rings. The topological polar surface area (TPSA) is 29.5 Å². The van der Waals surface area contributed by atoms with Gasteiger partial charge in [-0.3, -0.25) is 4.84 Å². The van der Waals surface area contributed by atoms with Gasteiger partial charge in [0.1, 0.15) is 6.10 Å². The van der Waals surface area contributed by atoms with Crippen LogP contribution in [0.25, 0.3) is 0 Å². The van der Waals surface area contributed by atoms with Crippen molar-refractivity contribution in [3.05, 3.63) is 0 Å². The van der Waals surface area contributed by atoms with E-state index in [2.05, 4.69) is 27.7 Å². The minimum atomic E-state index is -0.360. The Kier molecular flexibility index (Phi) is 3.56. The van der Waals surface area contributed by atoms with Gasteiger partial charge < -0.3 is 4.79 Å². The number of rotatable bonds is 3. The highest BCUT2D eigenvalue weighted by molar-refractivity contribution is 5.55. The highest BCUT2D eigenvalue weighted by atomic mass is 16.7. The third-order valence-corrected chi connectivity index (χ3v) is 3.14. The molecule has 0 aromatic heterocycles. The molecular weight excluding hydrogens is 190 g/mol. The molecule has 1 fully saturated rings. The smallest absolute Gasteiger partial charge is 0.150 e. The third-order valence-electron chi connectivity index (χ3n) is 3.14. The van der Waals surface area contributed by atoms with E-state index in [1.807, 2.05) is 5.06 Å². The summed E-state index contributed by atoms with van der Waals surface area (Å²) < 4.78 is 0. The van der Waals surface area contributed by atoms with Gasteiger partial charge >= 0.3 is 0 Å². The number of hydroxylamine groups is 2. The molecule has 0 aliphatic carbocycles. The fourth-order valence-electron chi connectivity index (χ4n) is 2.45. The van der Waals surface area contributed by atoms with Gasteiger partial charge in [-0.25, -0.2) is 0 Å².